The monoisotopic (exact) mass is 276 g/mol. The molecule has 3 atom stereocenters. The zero-order valence-electron chi connectivity index (χ0n) is 12.3. The number of hydrogen-bond donors (Lipinski definition) is 2. The maximum absolute atomic E-state index is 5.83. The third-order valence-corrected chi connectivity index (χ3v) is 4.74. The van der Waals surface area contributed by atoms with E-state index in [2.05, 4.69) is 39.0 Å². The maximum atomic E-state index is 5.83. The van der Waals surface area contributed by atoms with Crippen LogP contribution in [0.25, 0.3) is 0 Å². The van der Waals surface area contributed by atoms with E-state index in [9.17, 15) is 0 Å². The van der Waals surface area contributed by atoms with Crippen LogP contribution in [0.4, 0.5) is 17.8 Å². The molecule has 1 aromatic heterocycles. The van der Waals surface area contributed by atoms with Crippen LogP contribution in [0, 0.1) is 11.8 Å². The molecular formula is C14H24N6. The molecule has 6 heteroatoms. The fourth-order valence-corrected chi connectivity index (χ4v) is 3.68. The van der Waals surface area contributed by atoms with Gasteiger partial charge < -0.3 is 16.0 Å². The second kappa shape index (κ2) is 5.42. The van der Waals surface area contributed by atoms with E-state index in [0.29, 0.717) is 23.9 Å². The van der Waals surface area contributed by atoms with Gasteiger partial charge >= 0.3 is 0 Å². The summed E-state index contributed by atoms with van der Waals surface area (Å²) in [6.45, 7) is 5.92. The normalized spacial score (nSPS) is 27.8. The van der Waals surface area contributed by atoms with Gasteiger partial charge in [0.15, 0.2) is 0 Å². The first kappa shape index (κ1) is 13.4. The van der Waals surface area contributed by atoms with Crippen molar-refractivity contribution in [3.05, 3.63) is 0 Å². The molecule has 1 aromatic rings. The van der Waals surface area contributed by atoms with Crippen LogP contribution in [0.2, 0.25) is 0 Å². The van der Waals surface area contributed by atoms with Crippen LogP contribution in [0.1, 0.15) is 39.5 Å². The van der Waals surface area contributed by atoms with Crippen molar-refractivity contribution >= 4 is 17.8 Å². The van der Waals surface area contributed by atoms with Crippen molar-refractivity contribution in [2.24, 2.45) is 11.8 Å². The van der Waals surface area contributed by atoms with Crippen molar-refractivity contribution in [1.29, 1.82) is 0 Å². The number of aromatic nitrogens is 3. The fraction of sp³-hybridized carbons (Fsp3) is 0.786. The molecule has 0 aromatic carbocycles. The molecule has 2 fully saturated rings. The first-order chi connectivity index (χ1) is 9.69. The Hall–Kier alpha value is -1.59. The van der Waals surface area contributed by atoms with Crippen LogP contribution < -0.4 is 16.0 Å². The first-order valence-corrected chi connectivity index (χ1v) is 7.72. The van der Waals surface area contributed by atoms with Gasteiger partial charge in [0.25, 0.3) is 0 Å². The van der Waals surface area contributed by atoms with Gasteiger partial charge in [0.2, 0.25) is 17.8 Å². The summed E-state index contributed by atoms with van der Waals surface area (Å²) in [4.78, 5) is 15.1. The molecule has 0 amide bonds. The summed E-state index contributed by atoms with van der Waals surface area (Å²) < 4.78 is 0. The summed E-state index contributed by atoms with van der Waals surface area (Å²) in [6, 6.07) is 0.514. The Balaban J connectivity index is 1.76. The van der Waals surface area contributed by atoms with Gasteiger partial charge in [0.05, 0.1) is 0 Å². The van der Waals surface area contributed by atoms with E-state index in [0.717, 1.165) is 24.9 Å². The van der Waals surface area contributed by atoms with Gasteiger partial charge in [0.1, 0.15) is 0 Å². The molecule has 3 N–H and O–H groups in total. The predicted molar refractivity (Wildman–Crippen MR) is 80.7 cm³/mol. The van der Waals surface area contributed by atoms with Crippen LogP contribution in [-0.4, -0.2) is 34.1 Å². The average Bonchev–Trinajstić information content (AvgIpc) is 3.02. The summed E-state index contributed by atoms with van der Waals surface area (Å²) in [7, 11) is 0. The largest absolute Gasteiger partial charge is 0.368 e. The Morgan fingerprint density at radius 3 is 2.55 bits per heavy atom. The maximum Gasteiger partial charge on any atom is 0.231 e. The summed E-state index contributed by atoms with van der Waals surface area (Å²) in [5.41, 5.74) is 5.83. The van der Waals surface area contributed by atoms with E-state index in [4.69, 9.17) is 5.73 Å². The molecule has 2 bridgehead atoms. The second-order valence-corrected chi connectivity index (χ2v) is 5.92. The van der Waals surface area contributed by atoms with Gasteiger partial charge in [-0.15, -0.1) is 0 Å². The molecule has 1 heterocycles. The molecule has 0 saturated heterocycles. The van der Waals surface area contributed by atoms with Crippen LogP contribution in [0.3, 0.4) is 0 Å². The van der Waals surface area contributed by atoms with E-state index < -0.39 is 0 Å². The zero-order valence-corrected chi connectivity index (χ0v) is 12.3. The lowest BCUT2D eigenvalue weighted by molar-refractivity contribution is 0.438. The third-order valence-electron chi connectivity index (χ3n) is 4.74. The summed E-state index contributed by atoms with van der Waals surface area (Å²) in [5, 5.41) is 3.49. The minimum atomic E-state index is 0.299. The van der Waals surface area contributed by atoms with Gasteiger partial charge in [-0.2, -0.15) is 15.0 Å². The molecule has 20 heavy (non-hydrogen) atoms. The highest BCUT2D eigenvalue weighted by Crippen LogP contribution is 2.45. The molecule has 3 rings (SSSR count). The molecule has 3 unspecified atom stereocenters. The average molecular weight is 276 g/mol. The smallest absolute Gasteiger partial charge is 0.231 e. The van der Waals surface area contributed by atoms with E-state index in [1.807, 2.05) is 0 Å². The molecule has 2 saturated carbocycles. The summed E-state index contributed by atoms with van der Waals surface area (Å²) in [5.74, 6) is 3.30. The van der Waals surface area contributed by atoms with Crippen LogP contribution in [0.5, 0.6) is 0 Å². The highest BCUT2D eigenvalue weighted by molar-refractivity contribution is 5.42. The quantitative estimate of drug-likeness (QED) is 0.855. The summed E-state index contributed by atoms with van der Waals surface area (Å²) >= 11 is 0. The lowest BCUT2D eigenvalue weighted by Gasteiger charge is -2.24. The number of fused-ring (bicyclic) bond motifs is 2. The van der Waals surface area contributed by atoms with E-state index in [1.165, 1.54) is 25.7 Å². The molecule has 0 aliphatic heterocycles. The first-order valence-electron chi connectivity index (χ1n) is 7.72. The van der Waals surface area contributed by atoms with Gasteiger partial charge in [0, 0.05) is 19.1 Å². The van der Waals surface area contributed by atoms with Gasteiger partial charge in [-0.05, 0) is 44.9 Å². The Morgan fingerprint density at radius 2 is 1.95 bits per heavy atom. The number of anilines is 3. The molecule has 0 spiro atoms. The van der Waals surface area contributed by atoms with Gasteiger partial charge in [-0.3, -0.25) is 0 Å². The van der Waals surface area contributed by atoms with E-state index in [1.54, 1.807) is 0 Å². The highest BCUT2D eigenvalue weighted by atomic mass is 15.3. The number of nitrogens with two attached hydrogens (primary N) is 1. The minimum absolute atomic E-state index is 0.299. The minimum Gasteiger partial charge on any atom is -0.368 e. The second-order valence-electron chi connectivity index (χ2n) is 5.92. The van der Waals surface area contributed by atoms with Crippen molar-refractivity contribution in [3.8, 4) is 0 Å². The Kier molecular flexibility index (Phi) is 3.63. The Morgan fingerprint density at radius 1 is 1.15 bits per heavy atom. The Bertz CT molecular complexity index is 473. The summed E-state index contributed by atoms with van der Waals surface area (Å²) in [6.07, 6.45) is 5.34. The van der Waals surface area contributed by atoms with Crippen molar-refractivity contribution in [2.45, 2.75) is 45.6 Å². The predicted octanol–water partition coefficient (Wildman–Crippen LogP) is 1.90. The number of rotatable bonds is 5. The number of hydrogen-bond acceptors (Lipinski definition) is 6. The van der Waals surface area contributed by atoms with Gasteiger partial charge in [-0.25, -0.2) is 0 Å². The number of nitrogens with zero attached hydrogens (tertiary/aromatic N) is 4. The third kappa shape index (κ3) is 2.51. The van der Waals surface area contributed by atoms with E-state index in [-0.39, 0.29) is 0 Å². The lowest BCUT2D eigenvalue weighted by atomic mass is 9.95. The van der Waals surface area contributed by atoms with Gasteiger partial charge in [-0.1, -0.05) is 6.42 Å². The van der Waals surface area contributed by atoms with Crippen molar-refractivity contribution in [1.82, 2.24) is 15.0 Å². The van der Waals surface area contributed by atoms with E-state index >= 15 is 0 Å². The molecule has 0 radical (unpaired) electrons. The molecular weight excluding hydrogens is 252 g/mol. The topological polar surface area (TPSA) is 80.0 Å². The van der Waals surface area contributed by atoms with Crippen molar-refractivity contribution in [3.63, 3.8) is 0 Å². The molecule has 110 valence electrons. The standard InChI is InChI=1S/C14H24N6/c1-3-20(4-2)14-18-12(15)17-13(19-14)16-11-8-9-5-6-10(11)7-9/h9-11H,3-8H2,1-2H3,(H3,15,16,17,18,19). The molecule has 2 aliphatic rings. The lowest BCUT2D eigenvalue weighted by Crippen LogP contribution is -2.29. The van der Waals surface area contributed by atoms with Crippen LogP contribution in [-0.2, 0) is 0 Å². The molecule has 6 nitrogen and oxygen atoms in total. The zero-order chi connectivity index (χ0) is 14.1. The highest BCUT2D eigenvalue weighted by Gasteiger charge is 2.39. The SMILES string of the molecule is CCN(CC)c1nc(N)nc(NC2CC3CCC2C3)n1. The fourth-order valence-electron chi connectivity index (χ4n) is 3.68. The van der Waals surface area contributed by atoms with Crippen molar-refractivity contribution < 1.29 is 0 Å². The number of nitrogens with one attached hydrogen (secondary N) is 1. The molecule has 2 aliphatic carbocycles. The van der Waals surface area contributed by atoms with Crippen LogP contribution in [0.15, 0.2) is 0 Å². The van der Waals surface area contributed by atoms with Crippen LogP contribution >= 0.6 is 0 Å². The number of nitrogen functional groups attached to an aromatic ring is 1. The van der Waals surface area contributed by atoms with Crippen molar-refractivity contribution in [2.75, 3.05) is 29.0 Å². The Labute approximate surface area is 120 Å².